The highest BCUT2D eigenvalue weighted by Gasteiger charge is 2.30. The lowest BCUT2D eigenvalue weighted by atomic mass is 10.0. The van der Waals surface area contributed by atoms with Gasteiger partial charge in [-0.3, -0.25) is 18.6 Å². The van der Waals surface area contributed by atoms with Crippen molar-refractivity contribution >= 4 is 19.7 Å². The predicted octanol–water partition coefficient (Wildman–Crippen LogP) is 17.0. The zero-order valence-corrected chi connectivity index (χ0v) is 47.1. The first-order valence-electron chi connectivity index (χ1n) is 28.2. The van der Waals surface area contributed by atoms with Crippen LogP contribution in [0, 0.1) is 0 Å². The summed E-state index contributed by atoms with van der Waals surface area (Å²) in [7, 11) is 1.44. The maximum Gasteiger partial charge on any atom is 0.472 e. The molecule has 0 spiro atoms. The molecule has 0 aliphatic heterocycles. The Morgan fingerprint density at radius 2 is 0.986 bits per heavy atom. The maximum absolute atomic E-state index is 13.5. The molecule has 0 rings (SSSR count). The Morgan fingerprint density at radius 3 is 1.52 bits per heavy atom. The fourth-order valence-electron chi connectivity index (χ4n) is 7.44. The quantitative estimate of drug-likeness (QED) is 0.0156. The second-order valence-corrected chi connectivity index (χ2v) is 21.2. The van der Waals surface area contributed by atoms with Crippen LogP contribution in [0.1, 0.15) is 213 Å². The summed E-state index contributed by atoms with van der Waals surface area (Å²) in [5.74, 6) is -0.596. The summed E-state index contributed by atoms with van der Waals surface area (Å²) in [4.78, 5) is 37.6. The number of amides is 1. The Labute approximate surface area is 436 Å². The molecule has 0 saturated heterocycles. The average Bonchev–Trinajstić information content (AvgIpc) is 3.33. The summed E-state index contributed by atoms with van der Waals surface area (Å²) in [5, 5.41) is 3.02. The van der Waals surface area contributed by atoms with E-state index < -0.39 is 20.0 Å². The summed E-state index contributed by atoms with van der Waals surface area (Å²) in [6.45, 7) is 6.70. The lowest BCUT2D eigenvalue weighted by Gasteiger charge is -2.27. The van der Waals surface area contributed by atoms with E-state index in [0.717, 1.165) is 96.3 Å². The molecule has 1 amide bonds. The molecule has 3 atom stereocenters. The van der Waals surface area contributed by atoms with Crippen molar-refractivity contribution in [1.29, 1.82) is 0 Å². The third-order valence-electron chi connectivity index (χ3n) is 11.8. The van der Waals surface area contributed by atoms with E-state index >= 15 is 0 Å². The number of hydrogen-bond donors (Lipinski definition) is 2. The third-order valence-corrected chi connectivity index (χ3v) is 12.8. The first kappa shape index (κ1) is 67.7. The van der Waals surface area contributed by atoms with Gasteiger partial charge in [-0.05, 0) is 89.5 Å². The summed E-state index contributed by atoms with van der Waals surface area (Å²) in [6.07, 6.45) is 68.0. The fraction of sp³-hybridized carbons (Fsp3) is 0.672. The number of ether oxygens (including phenoxy) is 1. The summed E-state index contributed by atoms with van der Waals surface area (Å²) in [6, 6.07) is -0.884. The molecule has 0 bridgehead atoms. The largest absolute Gasteiger partial charge is 0.472 e. The number of rotatable bonds is 49. The van der Waals surface area contributed by atoms with E-state index in [9.17, 15) is 19.0 Å². The number of likely N-dealkylation sites (N-methyl/N-ethyl adjacent to an activating group) is 1. The van der Waals surface area contributed by atoms with Gasteiger partial charge in [-0.25, -0.2) is 4.57 Å². The Balaban J connectivity index is 5.51. The van der Waals surface area contributed by atoms with Gasteiger partial charge in [0.2, 0.25) is 5.91 Å². The van der Waals surface area contributed by atoms with E-state index in [2.05, 4.69) is 123 Å². The van der Waals surface area contributed by atoms with Gasteiger partial charge in [0.25, 0.3) is 0 Å². The molecule has 0 saturated carbocycles. The Hall–Kier alpha value is -3.33. The lowest BCUT2D eigenvalue weighted by Crippen LogP contribution is -2.47. The van der Waals surface area contributed by atoms with E-state index in [1.165, 1.54) is 77.0 Å². The molecule has 2 N–H and O–H groups in total. The monoisotopic (exact) mass is 1010 g/mol. The number of quaternary nitrogens is 1. The SMILES string of the molecule is CC/C=C\C/C=C\C/C=C\C/C=C\C/C=C\CCCC(=O)OC(/C=C/CCCCCCCCCCCCC)C(COP(=O)(O)OCC[N+](C)(C)C)NC(=O)CCCCCCCCC/C=C/C=C/C=C/CC. The van der Waals surface area contributed by atoms with Crippen LogP contribution in [0.25, 0.3) is 0 Å². The van der Waals surface area contributed by atoms with Crippen molar-refractivity contribution in [3.05, 3.63) is 109 Å². The van der Waals surface area contributed by atoms with E-state index in [1.54, 1.807) is 0 Å². The number of allylic oxidation sites excluding steroid dienone is 17. The standard InChI is InChI=1S/C61H105N2O7P/c1-7-10-13-16-19-22-25-28-30-31-33-36-39-42-45-48-51-54-61(65)70-59(52-49-46-43-40-37-34-27-24-21-18-15-12-9-3)58(57-69-71(66,67)68-56-55-63(4,5)6)62-60(64)53-50-47-44-41-38-35-32-29-26-23-20-17-14-11-8-2/h10-11,13-14,17,19-20,22-23,26,28,30,33,36,42,45,49,52,58-59H,7-9,12,15-16,18,21,24-25,27,29,31-32,34-35,37-41,43-44,46-48,50-51,53-57H2,1-6H3,(H-,62,64,66,67)/p+1/b13-10-,14-11+,20-17+,22-19-,26-23+,30-28-,36-33-,45-42-,52-49+. The second kappa shape index (κ2) is 50.2. The van der Waals surface area contributed by atoms with Crippen molar-refractivity contribution in [2.45, 2.75) is 226 Å². The molecule has 0 aliphatic carbocycles. The number of esters is 1. The van der Waals surface area contributed by atoms with Gasteiger partial charge in [-0.1, -0.05) is 220 Å². The minimum absolute atomic E-state index is 0.0231. The minimum Gasteiger partial charge on any atom is -0.456 e. The summed E-state index contributed by atoms with van der Waals surface area (Å²) < 4.78 is 30.5. The normalized spacial score (nSPS) is 14.6. The fourth-order valence-corrected chi connectivity index (χ4v) is 8.18. The van der Waals surface area contributed by atoms with E-state index in [4.69, 9.17) is 13.8 Å². The highest BCUT2D eigenvalue weighted by molar-refractivity contribution is 7.47. The van der Waals surface area contributed by atoms with Crippen molar-refractivity contribution in [2.24, 2.45) is 0 Å². The highest BCUT2D eigenvalue weighted by atomic mass is 31.2. The Morgan fingerprint density at radius 1 is 0.521 bits per heavy atom. The number of carbonyl (C=O) groups is 2. The molecule has 3 unspecified atom stereocenters. The number of phosphoric acid groups is 1. The van der Waals surface area contributed by atoms with Gasteiger partial charge in [0, 0.05) is 12.8 Å². The van der Waals surface area contributed by atoms with Crippen LogP contribution in [0.2, 0.25) is 0 Å². The first-order valence-corrected chi connectivity index (χ1v) is 29.7. The highest BCUT2D eigenvalue weighted by Crippen LogP contribution is 2.43. The van der Waals surface area contributed by atoms with Crippen LogP contribution in [-0.2, 0) is 27.9 Å². The van der Waals surface area contributed by atoms with Crippen LogP contribution >= 0.6 is 7.82 Å². The number of unbranched alkanes of at least 4 members (excludes halogenated alkanes) is 19. The summed E-state index contributed by atoms with van der Waals surface area (Å²) >= 11 is 0. The van der Waals surface area contributed by atoms with Crippen LogP contribution in [-0.4, -0.2) is 74.3 Å². The molecule has 0 aromatic carbocycles. The van der Waals surface area contributed by atoms with E-state index in [-0.39, 0.29) is 31.5 Å². The van der Waals surface area contributed by atoms with Crippen molar-refractivity contribution in [2.75, 3.05) is 40.9 Å². The smallest absolute Gasteiger partial charge is 0.456 e. The molecule has 9 nitrogen and oxygen atoms in total. The maximum atomic E-state index is 13.5. The second-order valence-electron chi connectivity index (χ2n) is 19.8. The minimum atomic E-state index is -4.47. The predicted molar refractivity (Wildman–Crippen MR) is 304 cm³/mol. The van der Waals surface area contributed by atoms with Crippen molar-refractivity contribution in [3.8, 4) is 0 Å². The van der Waals surface area contributed by atoms with Crippen LogP contribution in [0.3, 0.4) is 0 Å². The van der Waals surface area contributed by atoms with Gasteiger partial charge in [0.05, 0.1) is 33.8 Å². The van der Waals surface area contributed by atoms with E-state index in [0.29, 0.717) is 23.9 Å². The van der Waals surface area contributed by atoms with Crippen LogP contribution in [0.5, 0.6) is 0 Å². The first-order chi connectivity index (χ1) is 34.4. The average molecular weight is 1010 g/mol. The number of nitrogens with one attached hydrogen (secondary N) is 1. The van der Waals surface area contributed by atoms with Gasteiger partial charge in [-0.2, -0.15) is 0 Å². The van der Waals surface area contributed by atoms with Crippen molar-refractivity contribution < 1.29 is 37.3 Å². The van der Waals surface area contributed by atoms with Gasteiger partial charge in [0.15, 0.2) is 0 Å². The van der Waals surface area contributed by atoms with Crippen molar-refractivity contribution in [3.63, 3.8) is 0 Å². The third kappa shape index (κ3) is 51.4. The molecule has 0 heterocycles. The summed E-state index contributed by atoms with van der Waals surface area (Å²) in [5.41, 5.74) is 0. The molecular formula is C61H106N2O7P+. The van der Waals surface area contributed by atoms with Crippen molar-refractivity contribution in [1.82, 2.24) is 5.32 Å². The Kier molecular flexibility index (Phi) is 47.9. The molecule has 71 heavy (non-hydrogen) atoms. The van der Waals surface area contributed by atoms with Crippen LogP contribution < -0.4 is 5.32 Å². The molecule has 0 fully saturated rings. The number of phosphoric ester groups is 1. The van der Waals surface area contributed by atoms with Gasteiger partial charge in [-0.15, -0.1) is 0 Å². The number of nitrogens with zero attached hydrogens (tertiary/aromatic N) is 1. The molecule has 0 radical (unpaired) electrons. The lowest BCUT2D eigenvalue weighted by molar-refractivity contribution is -0.870. The topological polar surface area (TPSA) is 111 Å². The van der Waals surface area contributed by atoms with Gasteiger partial charge < -0.3 is 19.4 Å². The Bertz CT molecular complexity index is 1580. The number of hydrogen-bond acceptors (Lipinski definition) is 6. The molecule has 10 heteroatoms. The van der Waals surface area contributed by atoms with Gasteiger partial charge >= 0.3 is 13.8 Å². The molecular weight excluding hydrogens is 904 g/mol. The molecule has 0 aromatic heterocycles. The van der Waals surface area contributed by atoms with E-state index in [1.807, 2.05) is 33.3 Å². The zero-order valence-electron chi connectivity index (χ0n) is 46.2. The van der Waals surface area contributed by atoms with Crippen LogP contribution in [0.4, 0.5) is 0 Å². The molecule has 0 aliphatic rings. The number of carbonyl (C=O) groups excluding carboxylic acids is 2. The van der Waals surface area contributed by atoms with Gasteiger partial charge in [0.1, 0.15) is 19.3 Å². The zero-order chi connectivity index (χ0) is 52.2. The molecule has 0 aromatic rings. The molecule has 406 valence electrons. The van der Waals surface area contributed by atoms with Crippen LogP contribution in [0.15, 0.2) is 109 Å².